The van der Waals surface area contributed by atoms with Gasteiger partial charge in [-0.1, -0.05) is 44.0 Å². The molecule has 2 N–H and O–H groups in total. The highest BCUT2D eigenvalue weighted by atomic mass is 16.5. The largest absolute Gasteiger partial charge is 0.485 e. The number of fused-ring (bicyclic) bond motifs is 1. The number of hydrogen-bond donors (Lipinski definition) is 2. The van der Waals surface area contributed by atoms with Crippen molar-refractivity contribution in [2.45, 2.75) is 46.1 Å². The van der Waals surface area contributed by atoms with Gasteiger partial charge in [0.05, 0.1) is 24.1 Å². The van der Waals surface area contributed by atoms with Gasteiger partial charge < -0.3 is 9.84 Å². The Bertz CT molecular complexity index is 1060. The van der Waals surface area contributed by atoms with Gasteiger partial charge in [-0.05, 0) is 48.6 Å². The van der Waals surface area contributed by atoms with E-state index in [-0.39, 0.29) is 24.4 Å². The quantitative estimate of drug-likeness (QED) is 0.542. The maximum Gasteiger partial charge on any atom is 0.304 e. The first-order valence-electron chi connectivity index (χ1n) is 9.74. The maximum atomic E-state index is 11.1. The van der Waals surface area contributed by atoms with E-state index in [2.05, 4.69) is 54.9 Å². The summed E-state index contributed by atoms with van der Waals surface area (Å²) in [6.07, 6.45) is 1.70. The van der Waals surface area contributed by atoms with E-state index in [0.29, 0.717) is 0 Å². The molecule has 1 heterocycles. The fraction of sp³-hybridized carbons (Fsp3) is 0.333. The van der Waals surface area contributed by atoms with Gasteiger partial charge in [0.15, 0.2) is 0 Å². The monoisotopic (exact) mass is 390 g/mol. The van der Waals surface area contributed by atoms with E-state index < -0.39 is 5.97 Å². The molecule has 0 saturated carbocycles. The average molecular weight is 390 g/mol. The SMILES string of the molecule is CC#CC(CC(=O)O)c1ccc(OC(c2ccc3cn[nH]c3c2C)C(C)C)cc1. The van der Waals surface area contributed by atoms with Gasteiger partial charge in [-0.2, -0.15) is 5.10 Å². The summed E-state index contributed by atoms with van der Waals surface area (Å²) in [5, 5.41) is 17.4. The molecule has 3 rings (SSSR count). The molecule has 0 spiro atoms. The lowest BCUT2D eigenvalue weighted by Gasteiger charge is -2.25. The Morgan fingerprint density at radius 2 is 1.93 bits per heavy atom. The third kappa shape index (κ3) is 4.60. The zero-order valence-electron chi connectivity index (χ0n) is 17.2. The summed E-state index contributed by atoms with van der Waals surface area (Å²) >= 11 is 0. The van der Waals surface area contributed by atoms with Crippen molar-refractivity contribution in [3.63, 3.8) is 0 Å². The van der Waals surface area contributed by atoms with Crippen LogP contribution < -0.4 is 4.74 Å². The summed E-state index contributed by atoms with van der Waals surface area (Å²) in [5.41, 5.74) is 4.17. The summed E-state index contributed by atoms with van der Waals surface area (Å²) in [7, 11) is 0. The molecule has 0 fully saturated rings. The third-order valence-electron chi connectivity index (χ3n) is 5.07. The van der Waals surface area contributed by atoms with E-state index in [1.807, 2.05) is 30.5 Å². The molecule has 0 amide bonds. The van der Waals surface area contributed by atoms with Crippen LogP contribution in [0, 0.1) is 24.7 Å². The van der Waals surface area contributed by atoms with Crippen LogP contribution >= 0.6 is 0 Å². The van der Waals surface area contributed by atoms with Crippen LogP contribution in [0.15, 0.2) is 42.6 Å². The van der Waals surface area contributed by atoms with Crippen LogP contribution in [0.4, 0.5) is 0 Å². The standard InChI is InChI=1S/C24H26N2O3/c1-5-6-18(13-22(27)28)17-7-10-20(11-8-17)29-24(15(2)3)21-12-9-19-14-25-26-23(19)16(21)4/h7-12,14-15,18,24H,13H2,1-4H3,(H,25,26)(H,27,28). The lowest BCUT2D eigenvalue weighted by Crippen LogP contribution is -2.15. The molecule has 5 heteroatoms. The summed E-state index contributed by atoms with van der Waals surface area (Å²) in [6.45, 7) is 8.07. The van der Waals surface area contributed by atoms with Gasteiger partial charge in [0.1, 0.15) is 11.9 Å². The van der Waals surface area contributed by atoms with E-state index in [4.69, 9.17) is 9.84 Å². The number of ether oxygens (including phenoxy) is 1. The molecule has 0 aliphatic heterocycles. The van der Waals surface area contributed by atoms with Gasteiger partial charge in [0.2, 0.25) is 0 Å². The minimum atomic E-state index is -0.859. The molecule has 3 aromatic rings. The highest BCUT2D eigenvalue weighted by molar-refractivity contribution is 5.82. The lowest BCUT2D eigenvalue weighted by atomic mass is 9.93. The van der Waals surface area contributed by atoms with Crippen molar-refractivity contribution in [2.24, 2.45) is 5.92 Å². The highest BCUT2D eigenvalue weighted by Crippen LogP contribution is 2.33. The fourth-order valence-corrected chi connectivity index (χ4v) is 3.56. The first-order chi connectivity index (χ1) is 13.9. The molecule has 29 heavy (non-hydrogen) atoms. The van der Waals surface area contributed by atoms with Crippen molar-refractivity contribution in [3.05, 3.63) is 59.3 Å². The molecule has 150 valence electrons. The van der Waals surface area contributed by atoms with Crippen LogP contribution in [0.1, 0.15) is 55.9 Å². The van der Waals surface area contributed by atoms with Crippen molar-refractivity contribution in [2.75, 3.05) is 0 Å². The topological polar surface area (TPSA) is 75.2 Å². The van der Waals surface area contributed by atoms with Crippen molar-refractivity contribution < 1.29 is 14.6 Å². The summed E-state index contributed by atoms with van der Waals surface area (Å²) in [4.78, 5) is 11.1. The molecule has 2 atom stereocenters. The molecule has 2 unspecified atom stereocenters. The molecule has 2 aromatic carbocycles. The van der Waals surface area contributed by atoms with Gasteiger partial charge in [-0.25, -0.2) is 0 Å². The average Bonchev–Trinajstić information content (AvgIpc) is 3.16. The van der Waals surface area contributed by atoms with Crippen LogP contribution in [0.2, 0.25) is 0 Å². The Morgan fingerprint density at radius 3 is 2.55 bits per heavy atom. The van der Waals surface area contributed by atoms with E-state index in [0.717, 1.165) is 33.3 Å². The Kier molecular flexibility index (Phi) is 6.23. The molecule has 5 nitrogen and oxygen atoms in total. The lowest BCUT2D eigenvalue weighted by molar-refractivity contribution is -0.137. The number of hydrogen-bond acceptors (Lipinski definition) is 3. The van der Waals surface area contributed by atoms with Crippen molar-refractivity contribution >= 4 is 16.9 Å². The first kappa shape index (κ1) is 20.5. The Labute approximate surface area is 171 Å². The molecule has 0 aliphatic rings. The minimum absolute atomic E-state index is 0.0148. The first-order valence-corrected chi connectivity index (χ1v) is 9.74. The van der Waals surface area contributed by atoms with Gasteiger partial charge in [-0.3, -0.25) is 9.89 Å². The number of carboxylic acid groups (broad SMARTS) is 1. The highest BCUT2D eigenvalue weighted by Gasteiger charge is 2.22. The molecule has 0 bridgehead atoms. The second kappa shape index (κ2) is 8.83. The zero-order chi connectivity index (χ0) is 21.0. The van der Waals surface area contributed by atoms with Gasteiger partial charge >= 0.3 is 5.97 Å². The number of benzene rings is 2. The number of aryl methyl sites for hydroxylation is 1. The predicted molar refractivity (Wildman–Crippen MR) is 114 cm³/mol. The fourth-order valence-electron chi connectivity index (χ4n) is 3.56. The van der Waals surface area contributed by atoms with Crippen molar-refractivity contribution in [3.8, 4) is 17.6 Å². The number of nitrogens with zero attached hydrogens (tertiary/aromatic N) is 1. The number of carboxylic acids is 1. The van der Waals surface area contributed by atoms with E-state index >= 15 is 0 Å². The molecule has 0 aliphatic carbocycles. The Hall–Kier alpha value is -3.26. The van der Waals surface area contributed by atoms with Crippen LogP contribution in [-0.4, -0.2) is 21.3 Å². The molecule has 1 aromatic heterocycles. The Balaban J connectivity index is 1.86. The number of carbonyl (C=O) groups is 1. The second-order valence-electron chi connectivity index (χ2n) is 7.51. The number of aromatic amines is 1. The number of H-pyrrole nitrogens is 1. The van der Waals surface area contributed by atoms with Crippen molar-refractivity contribution in [1.29, 1.82) is 0 Å². The molecular formula is C24H26N2O3. The summed E-state index contributed by atoms with van der Waals surface area (Å²) < 4.78 is 6.36. The normalized spacial score (nSPS) is 13.0. The van der Waals surface area contributed by atoms with Crippen molar-refractivity contribution in [1.82, 2.24) is 10.2 Å². The van der Waals surface area contributed by atoms with Crippen LogP contribution in [0.3, 0.4) is 0 Å². The summed E-state index contributed by atoms with van der Waals surface area (Å²) in [5.74, 6) is 5.62. The third-order valence-corrected chi connectivity index (χ3v) is 5.07. The van der Waals surface area contributed by atoms with E-state index in [1.54, 1.807) is 6.92 Å². The van der Waals surface area contributed by atoms with E-state index in [1.165, 1.54) is 0 Å². The van der Waals surface area contributed by atoms with Crippen LogP contribution in [0.5, 0.6) is 5.75 Å². The smallest absolute Gasteiger partial charge is 0.304 e. The number of aromatic nitrogens is 2. The summed E-state index contributed by atoms with van der Waals surface area (Å²) in [6, 6.07) is 11.7. The molecular weight excluding hydrogens is 364 g/mol. The number of rotatable bonds is 7. The van der Waals surface area contributed by atoms with Crippen LogP contribution in [0.25, 0.3) is 10.9 Å². The second-order valence-corrected chi connectivity index (χ2v) is 7.51. The molecule has 0 saturated heterocycles. The maximum absolute atomic E-state index is 11.1. The van der Waals surface area contributed by atoms with Gasteiger partial charge in [0, 0.05) is 5.39 Å². The Morgan fingerprint density at radius 1 is 1.21 bits per heavy atom. The number of aliphatic carboxylic acids is 1. The minimum Gasteiger partial charge on any atom is -0.485 e. The van der Waals surface area contributed by atoms with Gasteiger partial charge in [-0.15, -0.1) is 5.92 Å². The van der Waals surface area contributed by atoms with E-state index in [9.17, 15) is 4.79 Å². The number of nitrogens with one attached hydrogen (secondary N) is 1. The van der Waals surface area contributed by atoms with Gasteiger partial charge in [0.25, 0.3) is 0 Å². The predicted octanol–water partition coefficient (Wildman–Crippen LogP) is 5.23. The zero-order valence-corrected chi connectivity index (χ0v) is 17.2. The molecule has 0 radical (unpaired) electrons. The van der Waals surface area contributed by atoms with Crippen LogP contribution in [-0.2, 0) is 4.79 Å².